The van der Waals surface area contributed by atoms with Gasteiger partial charge < -0.3 is 9.15 Å². The molecule has 2 heterocycles. The van der Waals surface area contributed by atoms with E-state index in [9.17, 15) is 4.79 Å². The second-order valence-corrected chi connectivity index (χ2v) is 5.35. The number of furan rings is 1. The first-order valence-electron chi connectivity index (χ1n) is 7.27. The maximum absolute atomic E-state index is 12.0. The topological polar surface area (TPSA) is 51.8 Å². The predicted octanol–water partition coefficient (Wildman–Crippen LogP) is 4.09. The standard InChI is InChI=1S/C19H13NO3/c1-12-6-9-16(22-12)11-17-19(21)23-18(20-17)15-8-7-13-4-2-3-5-14(13)10-15/h2-11H,1H3/b17-11-. The molecule has 1 aromatic heterocycles. The van der Waals surface area contributed by atoms with Crippen LogP contribution in [0.1, 0.15) is 17.1 Å². The summed E-state index contributed by atoms with van der Waals surface area (Å²) in [6.07, 6.45) is 1.59. The molecule has 0 aliphatic carbocycles. The molecule has 112 valence electrons. The van der Waals surface area contributed by atoms with Crippen molar-refractivity contribution < 1.29 is 13.9 Å². The summed E-state index contributed by atoms with van der Waals surface area (Å²) in [5, 5.41) is 2.20. The smallest absolute Gasteiger partial charge is 0.363 e. The molecule has 23 heavy (non-hydrogen) atoms. The zero-order chi connectivity index (χ0) is 15.8. The van der Waals surface area contributed by atoms with Crippen LogP contribution >= 0.6 is 0 Å². The summed E-state index contributed by atoms with van der Waals surface area (Å²) < 4.78 is 10.7. The Morgan fingerprint density at radius 3 is 2.61 bits per heavy atom. The van der Waals surface area contributed by atoms with E-state index in [1.807, 2.05) is 55.5 Å². The maximum atomic E-state index is 12.0. The zero-order valence-electron chi connectivity index (χ0n) is 12.4. The van der Waals surface area contributed by atoms with Crippen molar-refractivity contribution in [2.75, 3.05) is 0 Å². The van der Waals surface area contributed by atoms with Crippen molar-refractivity contribution in [2.24, 2.45) is 4.99 Å². The highest BCUT2D eigenvalue weighted by Gasteiger charge is 2.24. The van der Waals surface area contributed by atoms with Gasteiger partial charge in [0.25, 0.3) is 0 Å². The van der Waals surface area contributed by atoms with E-state index in [-0.39, 0.29) is 5.70 Å². The third kappa shape index (κ3) is 2.55. The molecular weight excluding hydrogens is 290 g/mol. The van der Waals surface area contributed by atoms with Gasteiger partial charge in [-0.2, -0.15) is 0 Å². The molecule has 0 N–H and O–H groups in total. The maximum Gasteiger partial charge on any atom is 0.363 e. The van der Waals surface area contributed by atoms with Crippen LogP contribution in [0, 0.1) is 6.92 Å². The van der Waals surface area contributed by atoms with E-state index >= 15 is 0 Å². The van der Waals surface area contributed by atoms with Crippen LogP contribution in [0.25, 0.3) is 16.8 Å². The van der Waals surface area contributed by atoms with Gasteiger partial charge in [0, 0.05) is 11.6 Å². The van der Waals surface area contributed by atoms with E-state index in [1.165, 1.54) is 0 Å². The van der Waals surface area contributed by atoms with Gasteiger partial charge in [-0.25, -0.2) is 9.79 Å². The number of carbonyl (C=O) groups excluding carboxylic acids is 1. The Balaban J connectivity index is 1.72. The van der Waals surface area contributed by atoms with Gasteiger partial charge in [-0.05, 0) is 42.0 Å². The van der Waals surface area contributed by atoms with Gasteiger partial charge >= 0.3 is 5.97 Å². The molecular formula is C19H13NO3. The van der Waals surface area contributed by atoms with E-state index in [4.69, 9.17) is 9.15 Å². The third-order valence-electron chi connectivity index (χ3n) is 3.66. The Kier molecular flexibility index (Phi) is 3.08. The fourth-order valence-electron chi connectivity index (χ4n) is 2.52. The van der Waals surface area contributed by atoms with E-state index in [1.54, 1.807) is 12.1 Å². The number of aryl methyl sites for hydroxylation is 1. The number of esters is 1. The van der Waals surface area contributed by atoms with Crippen molar-refractivity contribution in [1.82, 2.24) is 0 Å². The van der Waals surface area contributed by atoms with Crippen LogP contribution in [0.15, 0.2) is 69.7 Å². The Bertz CT molecular complexity index is 979. The van der Waals surface area contributed by atoms with Gasteiger partial charge in [0.05, 0.1) is 0 Å². The number of hydrogen-bond acceptors (Lipinski definition) is 4. The molecule has 0 unspecified atom stereocenters. The Hall–Kier alpha value is -3.14. The molecule has 0 amide bonds. The van der Waals surface area contributed by atoms with Crippen molar-refractivity contribution in [2.45, 2.75) is 6.92 Å². The summed E-state index contributed by atoms with van der Waals surface area (Å²) in [6.45, 7) is 1.85. The molecule has 3 aromatic rings. The average Bonchev–Trinajstić information content (AvgIpc) is 3.13. The number of nitrogens with zero attached hydrogens (tertiary/aromatic N) is 1. The third-order valence-corrected chi connectivity index (χ3v) is 3.66. The number of benzene rings is 2. The quantitative estimate of drug-likeness (QED) is 0.529. The molecule has 0 saturated carbocycles. The Morgan fingerprint density at radius 2 is 1.83 bits per heavy atom. The minimum atomic E-state index is -0.470. The SMILES string of the molecule is Cc1ccc(/C=C2\N=C(c3ccc4ccccc4c3)OC2=O)o1. The summed E-state index contributed by atoms with van der Waals surface area (Å²) in [6, 6.07) is 17.5. The van der Waals surface area contributed by atoms with Crippen molar-refractivity contribution in [3.63, 3.8) is 0 Å². The number of rotatable bonds is 2. The summed E-state index contributed by atoms with van der Waals surface area (Å²) in [4.78, 5) is 16.3. The molecule has 4 heteroatoms. The minimum Gasteiger partial charge on any atom is -0.462 e. The number of carbonyl (C=O) groups is 1. The van der Waals surface area contributed by atoms with Crippen LogP contribution in [0.2, 0.25) is 0 Å². The first-order valence-corrected chi connectivity index (χ1v) is 7.27. The number of hydrogen-bond donors (Lipinski definition) is 0. The fourth-order valence-corrected chi connectivity index (χ4v) is 2.52. The van der Waals surface area contributed by atoms with Crippen LogP contribution in [0.3, 0.4) is 0 Å². The van der Waals surface area contributed by atoms with Gasteiger partial charge in [-0.15, -0.1) is 0 Å². The van der Waals surface area contributed by atoms with E-state index in [0.29, 0.717) is 11.7 Å². The number of ether oxygens (including phenoxy) is 1. The van der Waals surface area contributed by atoms with Crippen molar-refractivity contribution in [3.8, 4) is 0 Å². The van der Waals surface area contributed by atoms with Crippen LogP contribution in [0.4, 0.5) is 0 Å². The molecule has 0 radical (unpaired) electrons. The largest absolute Gasteiger partial charge is 0.462 e. The lowest BCUT2D eigenvalue weighted by atomic mass is 10.1. The Morgan fingerprint density at radius 1 is 1.00 bits per heavy atom. The zero-order valence-corrected chi connectivity index (χ0v) is 12.4. The van der Waals surface area contributed by atoms with E-state index in [0.717, 1.165) is 22.1 Å². The lowest BCUT2D eigenvalue weighted by Gasteiger charge is -2.02. The fraction of sp³-hybridized carbons (Fsp3) is 0.0526. The van der Waals surface area contributed by atoms with E-state index < -0.39 is 5.97 Å². The van der Waals surface area contributed by atoms with Gasteiger partial charge in [-0.1, -0.05) is 30.3 Å². The molecule has 4 rings (SSSR count). The molecule has 1 aliphatic rings. The monoisotopic (exact) mass is 303 g/mol. The molecule has 0 bridgehead atoms. The normalized spacial score (nSPS) is 16.0. The molecule has 0 atom stereocenters. The highest BCUT2D eigenvalue weighted by molar-refractivity contribution is 6.13. The molecule has 1 aliphatic heterocycles. The number of fused-ring (bicyclic) bond motifs is 1. The van der Waals surface area contributed by atoms with Gasteiger partial charge in [0.1, 0.15) is 11.5 Å². The lowest BCUT2D eigenvalue weighted by Crippen LogP contribution is -2.05. The van der Waals surface area contributed by atoms with Crippen LogP contribution in [-0.4, -0.2) is 11.9 Å². The summed E-state index contributed by atoms with van der Waals surface area (Å²) in [5.74, 6) is 1.21. The second kappa shape index (κ2) is 5.25. The Labute approximate surface area is 132 Å². The number of aliphatic imine (C=N–C) groups is 1. The summed E-state index contributed by atoms with van der Waals surface area (Å²) in [7, 11) is 0. The van der Waals surface area contributed by atoms with Crippen LogP contribution in [0.5, 0.6) is 0 Å². The molecule has 4 nitrogen and oxygen atoms in total. The second-order valence-electron chi connectivity index (χ2n) is 5.35. The first kappa shape index (κ1) is 13.5. The average molecular weight is 303 g/mol. The van der Waals surface area contributed by atoms with Crippen LogP contribution < -0.4 is 0 Å². The van der Waals surface area contributed by atoms with Crippen molar-refractivity contribution in [3.05, 3.63) is 77.4 Å². The van der Waals surface area contributed by atoms with Crippen LogP contribution in [-0.2, 0) is 9.53 Å². The molecule has 0 spiro atoms. The lowest BCUT2D eigenvalue weighted by molar-refractivity contribution is -0.129. The van der Waals surface area contributed by atoms with Gasteiger partial charge in [0.2, 0.25) is 5.90 Å². The highest BCUT2D eigenvalue weighted by atomic mass is 16.6. The van der Waals surface area contributed by atoms with Crippen molar-refractivity contribution >= 4 is 28.7 Å². The van der Waals surface area contributed by atoms with E-state index in [2.05, 4.69) is 4.99 Å². The molecule has 0 fully saturated rings. The molecule has 2 aromatic carbocycles. The molecule has 0 saturated heterocycles. The minimum absolute atomic E-state index is 0.238. The highest BCUT2D eigenvalue weighted by Crippen LogP contribution is 2.22. The first-order chi connectivity index (χ1) is 11.2. The van der Waals surface area contributed by atoms with Gasteiger partial charge in [0.15, 0.2) is 5.70 Å². The van der Waals surface area contributed by atoms with Gasteiger partial charge in [-0.3, -0.25) is 0 Å². The summed E-state index contributed by atoms with van der Waals surface area (Å²) >= 11 is 0. The summed E-state index contributed by atoms with van der Waals surface area (Å²) in [5.41, 5.74) is 1.01. The number of cyclic esters (lactones) is 1. The van der Waals surface area contributed by atoms with Crippen molar-refractivity contribution in [1.29, 1.82) is 0 Å². The predicted molar refractivity (Wildman–Crippen MR) is 88.0 cm³/mol.